The number of nitrogens with two attached hydrogens (primary N) is 1. The summed E-state index contributed by atoms with van der Waals surface area (Å²) in [6, 6.07) is 0.0967. The van der Waals surface area contributed by atoms with Crippen LogP contribution in [0.25, 0.3) is 0 Å². The molecule has 2 atom stereocenters. The SMILES string of the molecule is CC(N)C1=CNC(N2CCOCC2)C=C1. The highest BCUT2D eigenvalue weighted by Crippen LogP contribution is 2.11. The first-order valence-corrected chi connectivity index (χ1v) is 5.49. The van der Waals surface area contributed by atoms with Crippen LogP contribution in [0.15, 0.2) is 23.9 Å². The van der Waals surface area contributed by atoms with Gasteiger partial charge in [-0.25, -0.2) is 0 Å². The molecule has 0 aromatic rings. The number of hydrogen-bond donors (Lipinski definition) is 2. The molecule has 0 aromatic carbocycles. The molecule has 15 heavy (non-hydrogen) atoms. The molecule has 0 radical (unpaired) electrons. The zero-order chi connectivity index (χ0) is 10.7. The largest absolute Gasteiger partial charge is 0.379 e. The Hall–Kier alpha value is -0.840. The van der Waals surface area contributed by atoms with Crippen LogP contribution < -0.4 is 11.1 Å². The van der Waals surface area contributed by atoms with E-state index >= 15 is 0 Å². The zero-order valence-electron chi connectivity index (χ0n) is 9.15. The minimum Gasteiger partial charge on any atom is -0.379 e. The summed E-state index contributed by atoms with van der Waals surface area (Å²) in [5.41, 5.74) is 6.95. The maximum Gasteiger partial charge on any atom is 0.0986 e. The van der Waals surface area contributed by atoms with E-state index in [-0.39, 0.29) is 6.04 Å². The van der Waals surface area contributed by atoms with Crippen molar-refractivity contribution in [1.29, 1.82) is 0 Å². The Morgan fingerprint density at radius 1 is 1.53 bits per heavy atom. The van der Waals surface area contributed by atoms with Crippen molar-refractivity contribution in [1.82, 2.24) is 10.2 Å². The fourth-order valence-electron chi connectivity index (χ4n) is 1.85. The van der Waals surface area contributed by atoms with E-state index in [1.807, 2.05) is 13.1 Å². The molecule has 2 aliphatic heterocycles. The molecule has 2 aliphatic rings. The van der Waals surface area contributed by atoms with E-state index in [0.29, 0.717) is 6.17 Å². The second-order valence-electron chi connectivity index (χ2n) is 4.05. The number of morpholine rings is 1. The van der Waals surface area contributed by atoms with Crippen LogP contribution in [-0.2, 0) is 4.74 Å². The van der Waals surface area contributed by atoms with Gasteiger partial charge in [-0.15, -0.1) is 0 Å². The van der Waals surface area contributed by atoms with Gasteiger partial charge in [-0.1, -0.05) is 6.08 Å². The Balaban J connectivity index is 1.90. The van der Waals surface area contributed by atoms with Gasteiger partial charge < -0.3 is 15.8 Å². The molecule has 0 saturated carbocycles. The van der Waals surface area contributed by atoms with Crippen LogP contribution >= 0.6 is 0 Å². The van der Waals surface area contributed by atoms with Gasteiger partial charge in [-0.05, 0) is 18.6 Å². The lowest BCUT2D eigenvalue weighted by Gasteiger charge is -2.34. The van der Waals surface area contributed by atoms with Crippen molar-refractivity contribution >= 4 is 0 Å². The number of nitrogens with zero attached hydrogens (tertiary/aromatic N) is 1. The molecule has 84 valence electrons. The van der Waals surface area contributed by atoms with Crippen molar-refractivity contribution < 1.29 is 4.74 Å². The number of nitrogens with one attached hydrogen (secondary N) is 1. The third-order valence-corrected chi connectivity index (χ3v) is 2.86. The van der Waals surface area contributed by atoms with Gasteiger partial charge in [0.15, 0.2) is 0 Å². The van der Waals surface area contributed by atoms with Gasteiger partial charge in [-0.2, -0.15) is 0 Å². The van der Waals surface area contributed by atoms with E-state index in [4.69, 9.17) is 10.5 Å². The van der Waals surface area contributed by atoms with Gasteiger partial charge >= 0.3 is 0 Å². The smallest absolute Gasteiger partial charge is 0.0986 e. The highest BCUT2D eigenvalue weighted by atomic mass is 16.5. The first-order chi connectivity index (χ1) is 7.27. The Kier molecular flexibility index (Phi) is 3.41. The maximum absolute atomic E-state index is 5.80. The van der Waals surface area contributed by atoms with E-state index < -0.39 is 0 Å². The van der Waals surface area contributed by atoms with Gasteiger partial charge in [-0.3, -0.25) is 4.90 Å². The molecule has 0 aromatic heterocycles. The highest BCUT2D eigenvalue weighted by Gasteiger charge is 2.19. The van der Waals surface area contributed by atoms with E-state index in [1.165, 1.54) is 0 Å². The predicted molar refractivity (Wildman–Crippen MR) is 60.2 cm³/mol. The summed E-state index contributed by atoms with van der Waals surface area (Å²) in [5.74, 6) is 0. The zero-order valence-corrected chi connectivity index (χ0v) is 9.15. The molecule has 1 fully saturated rings. The van der Waals surface area contributed by atoms with Crippen molar-refractivity contribution in [3.8, 4) is 0 Å². The van der Waals surface area contributed by atoms with E-state index in [0.717, 1.165) is 31.9 Å². The van der Waals surface area contributed by atoms with Crippen LogP contribution in [-0.4, -0.2) is 43.4 Å². The normalized spacial score (nSPS) is 29.5. The number of dihydropyridines is 1. The number of ether oxygens (including phenoxy) is 1. The van der Waals surface area contributed by atoms with E-state index in [1.54, 1.807) is 0 Å². The fourth-order valence-corrected chi connectivity index (χ4v) is 1.85. The lowest BCUT2D eigenvalue weighted by Crippen LogP contribution is -2.49. The summed E-state index contributed by atoms with van der Waals surface area (Å²) in [6.45, 7) is 5.63. The average molecular weight is 209 g/mol. The topological polar surface area (TPSA) is 50.5 Å². The summed E-state index contributed by atoms with van der Waals surface area (Å²) < 4.78 is 5.32. The van der Waals surface area contributed by atoms with Crippen LogP contribution in [0.4, 0.5) is 0 Å². The van der Waals surface area contributed by atoms with Crippen molar-refractivity contribution in [2.24, 2.45) is 5.73 Å². The maximum atomic E-state index is 5.80. The molecule has 4 nitrogen and oxygen atoms in total. The average Bonchev–Trinajstić information content (AvgIpc) is 2.30. The standard InChI is InChI=1S/C11H19N3O/c1-9(12)10-2-3-11(13-8-10)14-4-6-15-7-5-14/h2-3,8-9,11,13H,4-7,12H2,1H3. The van der Waals surface area contributed by atoms with Crippen molar-refractivity contribution in [2.45, 2.75) is 19.1 Å². The van der Waals surface area contributed by atoms with Gasteiger partial charge in [0.1, 0.15) is 0 Å². The molecule has 2 unspecified atom stereocenters. The van der Waals surface area contributed by atoms with Crippen LogP contribution in [0.5, 0.6) is 0 Å². The molecule has 2 rings (SSSR count). The monoisotopic (exact) mass is 209 g/mol. The Labute approximate surface area is 90.8 Å². The summed E-state index contributed by atoms with van der Waals surface area (Å²) in [4.78, 5) is 2.37. The molecular weight excluding hydrogens is 190 g/mol. The third-order valence-electron chi connectivity index (χ3n) is 2.86. The first-order valence-electron chi connectivity index (χ1n) is 5.49. The molecule has 3 N–H and O–H groups in total. The van der Waals surface area contributed by atoms with Crippen LogP contribution in [0.2, 0.25) is 0 Å². The molecule has 4 heteroatoms. The van der Waals surface area contributed by atoms with Gasteiger partial charge in [0.05, 0.1) is 19.4 Å². The molecule has 0 amide bonds. The second-order valence-corrected chi connectivity index (χ2v) is 4.05. The second kappa shape index (κ2) is 4.79. The molecular formula is C11H19N3O. The molecule has 0 aliphatic carbocycles. The molecule has 0 spiro atoms. The van der Waals surface area contributed by atoms with Gasteiger partial charge in [0.2, 0.25) is 0 Å². The highest BCUT2D eigenvalue weighted by molar-refractivity contribution is 5.27. The first kappa shape index (κ1) is 10.7. The van der Waals surface area contributed by atoms with Crippen molar-refractivity contribution in [3.05, 3.63) is 23.9 Å². The Morgan fingerprint density at radius 2 is 2.27 bits per heavy atom. The summed E-state index contributed by atoms with van der Waals surface area (Å²) in [5, 5.41) is 3.36. The van der Waals surface area contributed by atoms with E-state index in [9.17, 15) is 0 Å². The Morgan fingerprint density at radius 3 is 2.80 bits per heavy atom. The quantitative estimate of drug-likeness (QED) is 0.674. The Bertz CT molecular complexity index is 267. The van der Waals surface area contributed by atoms with Crippen LogP contribution in [0.1, 0.15) is 6.92 Å². The number of hydrogen-bond acceptors (Lipinski definition) is 4. The van der Waals surface area contributed by atoms with Crippen LogP contribution in [0.3, 0.4) is 0 Å². The summed E-state index contributed by atoms with van der Waals surface area (Å²) in [6.07, 6.45) is 6.60. The van der Waals surface area contributed by atoms with Crippen molar-refractivity contribution in [2.75, 3.05) is 26.3 Å². The van der Waals surface area contributed by atoms with Crippen molar-refractivity contribution in [3.63, 3.8) is 0 Å². The summed E-state index contributed by atoms with van der Waals surface area (Å²) >= 11 is 0. The van der Waals surface area contributed by atoms with Gasteiger partial charge in [0, 0.05) is 25.3 Å². The minimum absolute atomic E-state index is 0.0967. The predicted octanol–water partition coefficient (Wildman–Crippen LogP) is 0.0352. The molecule has 2 heterocycles. The molecule has 0 bridgehead atoms. The lowest BCUT2D eigenvalue weighted by molar-refractivity contribution is 0.0217. The third kappa shape index (κ3) is 2.59. The van der Waals surface area contributed by atoms with Crippen LogP contribution in [0, 0.1) is 0 Å². The molecule has 1 saturated heterocycles. The van der Waals surface area contributed by atoms with Gasteiger partial charge in [0.25, 0.3) is 0 Å². The fraction of sp³-hybridized carbons (Fsp3) is 0.636. The lowest BCUT2D eigenvalue weighted by atomic mass is 10.1. The summed E-state index contributed by atoms with van der Waals surface area (Å²) in [7, 11) is 0. The number of rotatable bonds is 2. The van der Waals surface area contributed by atoms with E-state index in [2.05, 4.69) is 22.4 Å². The minimum atomic E-state index is 0.0967.